The molecule has 0 unspecified atom stereocenters. The van der Waals surface area contributed by atoms with Crippen LogP contribution in [0.25, 0.3) is 0 Å². The quantitative estimate of drug-likeness (QED) is 0.0571. The molecule has 7 heteroatoms. The van der Waals surface area contributed by atoms with Gasteiger partial charge in [-0.3, -0.25) is 0 Å². The van der Waals surface area contributed by atoms with E-state index in [0.717, 1.165) is 101 Å². The van der Waals surface area contributed by atoms with E-state index in [9.17, 15) is 4.79 Å². The van der Waals surface area contributed by atoms with Gasteiger partial charge in [-0.25, -0.2) is 0 Å². The van der Waals surface area contributed by atoms with Gasteiger partial charge in [-0.15, -0.1) is 0 Å². The Morgan fingerprint density at radius 2 is 0.941 bits per heavy atom. The van der Waals surface area contributed by atoms with E-state index in [-0.39, 0.29) is 0 Å². The van der Waals surface area contributed by atoms with Gasteiger partial charge in [0, 0.05) is 0 Å². The summed E-state index contributed by atoms with van der Waals surface area (Å²) in [6, 6.07) is 0. The van der Waals surface area contributed by atoms with E-state index in [1.54, 1.807) is 0 Å². The van der Waals surface area contributed by atoms with E-state index in [4.69, 9.17) is 12.3 Å². The molecule has 0 aromatic carbocycles. The molecule has 0 amide bonds. The third-order valence-electron chi connectivity index (χ3n) is 6.37. The van der Waals surface area contributed by atoms with Gasteiger partial charge in [0.25, 0.3) is 0 Å². The van der Waals surface area contributed by atoms with Gasteiger partial charge in [0.2, 0.25) is 0 Å². The average Bonchev–Trinajstić information content (AvgIpc) is 2.84. The number of rotatable bonds is 24. The van der Waals surface area contributed by atoms with Crippen LogP contribution in [0, 0.1) is 0 Å². The average molecular weight is 700 g/mol. The van der Waals surface area contributed by atoms with E-state index in [1.807, 2.05) is 0 Å². The molecule has 0 aromatic heterocycles. The molecule has 0 aliphatic heterocycles. The molecule has 5 nitrogen and oxygen atoms in total. The molecule has 0 aliphatic rings. The van der Waals surface area contributed by atoms with Crippen LogP contribution in [0.2, 0.25) is 17.7 Å². The number of unbranched alkanes of at least 4 members (excludes halogenated alkanes) is 8. The SMILES string of the molecule is CCCCCOC(=O)[O][Sn]([CH2]CCC)([CH2]CCC)[O][Sn]([CH2]CCC)([CH2]CCC)[O]CCCCC. The molecular formula is C27H58O5Sn2. The Kier molecular flexibility index (Phi) is 23.5. The topological polar surface area (TPSA) is 54.0 Å². The molecule has 0 fully saturated rings. The predicted octanol–water partition coefficient (Wildman–Crippen LogP) is 9.64. The Morgan fingerprint density at radius 3 is 1.38 bits per heavy atom. The summed E-state index contributed by atoms with van der Waals surface area (Å²) < 4.78 is 30.2. The van der Waals surface area contributed by atoms with Crippen LogP contribution in [0.3, 0.4) is 0 Å². The van der Waals surface area contributed by atoms with Crippen LogP contribution in [-0.4, -0.2) is 57.8 Å². The number of carbonyl (C=O) groups is 1. The molecule has 0 rings (SSSR count). The minimum atomic E-state index is -3.74. The Bertz CT molecular complexity index is 460. The molecule has 0 aliphatic carbocycles. The van der Waals surface area contributed by atoms with Crippen LogP contribution < -0.4 is 0 Å². The maximum absolute atomic E-state index is 12.9. The van der Waals surface area contributed by atoms with Crippen LogP contribution >= 0.6 is 0 Å². The van der Waals surface area contributed by atoms with Crippen molar-refractivity contribution in [3.8, 4) is 0 Å². The first-order valence-electron chi connectivity index (χ1n) is 14.7. The van der Waals surface area contributed by atoms with E-state index in [2.05, 4.69) is 41.5 Å². The Balaban J connectivity index is 5.87. The summed E-state index contributed by atoms with van der Waals surface area (Å²) >= 11 is -7.16. The third kappa shape index (κ3) is 16.5. The summed E-state index contributed by atoms with van der Waals surface area (Å²) in [6.07, 6.45) is 15.0. The molecule has 0 spiro atoms. The second kappa shape index (κ2) is 22.9. The van der Waals surface area contributed by atoms with Crippen molar-refractivity contribution in [2.24, 2.45) is 0 Å². The number of hydrogen-bond acceptors (Lipinski definition) is 5. The van der Waals surface area contributed by atoms with Crippen molar-refractivity contribution in [2.75, 3.05) is 13.2 Å². The van der Waals surface area contributed by atoms with E-state index < -0.39 is 44.6 Å². The molecule has 0 saturated carbocycles. The zero-order valence-electron chi connectivity index (χ0n) is 23.7. The Labute approximate surface area is 222 Å². The summed E-state index contributed by atoms with van der Waals surface area (Å²) in [5, 5.41) is 0. The zero-order chi connectivity index (χ0) is 25.5. The fourth-order valence-electron chi connectivity index (χ4n) is 4.17. The van der Waals surface area contributed by atoms with Gasteiger partial charge >= 0.3 is 224 Å². The van der Waals surface area contributed by atoms with Crippen molar-refractivity contribution in [2.45, 2.75) is 149 Å². The molecule has 0 saturated heterocycles. The Hall–Kier alpha value is 0.787. The van der Waals surface area contributed by atoms with Crippen molar-refractivity contribution >= 4 is 44.6 Å². The maximum atomic E-state index is 12.9. The van der Waals surface area contributed by atoms with E-state index in [1.165, 1.54) is 12.8 Å². The van der Waals surface area contributed by atoms with Gasteiger partial charge in [0.1, 0.15) is 0 Å². The second-order valence-electron chi connectivity index (χ2n) is 9.80. The molecule has 204 valence electrons. The van der Waals surface area contributed by atoms with Gasteiger partial charge in [-0.05, 0) is 0 Å². The zero-order valence-corrected chi connectivity index (χ0v) is 29.4. The molecule has 34 heavy (non-hydrogen) atoms. The van der Waals surface area contributed by atoms with Crippen LogP contribution in [0.4, 0.5) is 4.79 Å². The standard InChI is InChI=1S/C6H12O3.C5H11O.4C4H9.O.2Sn/c1-2-3-4-5-9-6(7)8;1-2-3-4-5-6;4*1-3-4-2;;;/h2-5H2,1H3,(H,7,8);2-5H2,1H3;4*1,3-4H2,2H3;;;/q;-1;;;;;;2*+1/p-1. The molecule has 0 heterocycles. The fraction of sp³-hybridized carbons (Fsp3) is 0.963. The van der Waals surface area contributed by atoms with Crippen molar-refractivity contribution in [3.05, 3.63) is 0 Å². The molecule has 0 atom stereocenters. The van der Waals surface area contributed by atoms with Gasteiger partial charge in [0.15, 0.2) is 0 Å². The van der Waals surface area contributed by atoms with Crippen LogP contribution in [0.5, 0.6) is 0 Å². The predicted molar refractivity (Wildman–Crippen MR) is 149 cm³/mol. The molecule has 0 radical (unpaired) electrons. The second-order valence-corrected chi connectivity index (χ2v) is 31.8. The Morgan fingerprint density at radius 1 is 0.529 bits per heavy atom. The minimum absolute atomic E-state index is 0.448. The summed E-state index contributed by atoms with van der Waals surface area (Å²) in [5.41, 5.74) is 0. The normalized spacial score (nSPS) is 12.2. The summed E-state index contributed by atoms with van der Waals surface area (Å²) in [7, 11) is 0. The first-order valence-corrected chi connectivity index (χ1v) is 27.4. The summed E-state index contributed by atoms with van der Waals surface area (Å²) in [6.45, 7) is 14.6. The molecule has 0 aromatic rings. The van der Waals surface area contributed by atoms with Gasteiger partial charge in [-0.2, -0.15) is 0 Å². The van der Waals surface area contributed by atoms with Crippen molar-refractivity contribution in [3.63, 3.8) is 0 Å². The van der Waals surface area contributed by atoms with Crippen LogP contribution in [0.1, 0.15) is 131 Å². The number of hydrogen-bond donors (Lipinski definition) is 0. The van der Waals surface area contributed by atoms with Crippen molar-refractivity contribution < 1.29 is 17.1 Å². The number of ether oxygens (including phenoxy) is 1. The molecule has 0 N–H and O–H groups in total. The van der Waals surface area contributed by atoms with E-state index in [0.29, 0.717) is 6.61 Å². The van der Waals surface area contributed by atoms with Crippen molar-refractivity contribution in [1.82, 2.24) is 0 Å². The first kappa shape index (κ1) is 34.8. The summed E-state index contributed by atoms with van der Waals surface area (Å²) in [5.74, 6) is 0. The van der Waals surface area contributed by atoms with Gasteiger partial charge < -0.3 is 0 Å². The fourth-order valence-corrected chi connectivity index (χ4v) is 45.8. The first-order chi connectivity index (χ1) is 16.5. The van der Waals surface area contributed by atoms with Crippen LogP contribution in [-0.2, 0) is 12.3 Å². The third-order valence-corrected chi connectivity index (χ3v) is 39.1. The van der Waals surface area contributed by atoms with Gasteiger partial charge in [0.05, 0.1) is 0 Å². The molecular weight excluding hydrogens is 642 g/mol. The number of carbonyl (C=O) groups excluding carboxylic acids is 1. The van der Waals surface area contributed by atoms with Crippen molar-refractivity contribution in [1.29, 1.82) is 0 Å². The van der Waals surface area contributed by atoms with E-state index >= 15 is 0 Å². The molecule has 0 bridgehead atoms. The van der Waals surface area contributed by atoms with Gasteiger partial charge in [-0.1, -0.05) is 0 Å². The van der Waals surface area contributed by atoms with Crippen LogP contribution in [0.15, 0.2) is 0 Å². The monoisotopic (exact) mass is 702 g/mol. The summed E-state index contributed by atoms with van der Waals surface area (Å²) in [4.78, 5) is 12.9.